The fourth-order valence-electron chi connectivity index (χ4n) is 3.84. The summed E-state index contributed by atoms with van der Waals surface area (Å²) in [5.41, 5.74) is 3.49. The van der Waals surface area contributed by atoms with E-state index in [1.807, 2.05) is 6.07 Å². The van der Waals surface area contributed by atoms with Gasteiger partial charge in [-0.05, 0) is 48.8 Å². The molecule has 1 aromatic heterocycles. The normalized spacial score (nSPS) is 24.6. The molecule has 2 heterocycles. The molecule has 1 aromatic carbocycles. The highest BCUT2D eigenvalue weighted by Gasteiger charge is 2.34. The van der Waals surface area contributed by atoms with E-state index < -0.39 is 0 Å². The van der Waals surface area contributed by atoms with Crippen molar-refractivity contribution in [2.24, 2.45) is 0 Å². The van der Waals surface area contributed by atoms with Gasteiger partial charge >= 0.3 is 0 Å². The van der Waals surface area contributed by atoms with Crippen LogP contribution >= 0.6 is 0 Å². The average molecular weight is 337 g/mol. The Balaban J connectivity index is 1.32. The number of Topliss-reactive ketones (excluding diaryl/α,β-unsaturated/α-hetero) is 1. The molecule has 1 N–H and O–H groups in total. The minimum Gasteiger partial charge on any atom is -0.346 e. The van der Waals surface area contributed by atoms with Crippen LogP contribution in [0.5, 0.6) is 0 Å². The topological polar surface area (TPSA) is 85.1 Å². The Morgan fingerprint density at radius 1 is 1.28 bits per heavy atom. The second kappa shape index (κ2) is 5.51. The lowest BCUT2D eigenvalue weighted by molar-refractivity contribution is -0.136. The molecule has 2 fully saturated rings. The molecule has 5 rings (SSSR count). The molecule has 2 aliphatic carbocycles. The van der Waals surface area contributed by atoms with E-state index in [1.54, 1.807) is 0 Å². The summed E-state index contributed by atoms with van der Waals surface area (Å²) in [7, 11) is 0. The van der Waals surface area contributed by atoms with E-state index in [1.165, 1.54) is 11.1 Å². The SMILES string of the molecule is O=C1C[C@@H](C(=O)C[C@@H]2CCc3cc(-c4noc(C5CC5)n4)ccc32)N1. The van der Waals surface area contributed by atoms with Gasteiger partial charge in [-0.2, -0.15) is 4.98 Å². The van der Waals surface area contributed by atoms with Crippen molar-refractivity contribution < 1.29 is 14.1 Å². The van der Waals surface area contributed by atoms with Gasteiger partial charge in [0.05, 0.1) is 12.5 Å². The lowest BCUT2D eigenvalue weighted by Gasteiger charge is -2.26. The van der Waals surface area contributed by atoms with Crippen molar-refractivity contribution in [3.8, 4) is 11.4 Å². The van der Waals surface area contributed by atoms with Crippen LogP contribution in [-0.2, 0) is 16.0 Å². The average Bonchev–Trinajstić information content (AvgIpc) is 3.18. The van der Waals surface area contributed by atoms with E-state index in [0.717, 1.165) is 37.1 Å². The van der Waals surface area contributed by atoms with Crippen LogP contribution in [0.15, 0.2) is 22.7 Å². The molecule has 1 saturated heterocycles. The number of ketones is 1. The molecule has 1 saturated carbocycles. The summed E-state index contributed by atoms with van der Waals surface area (Å²) in [4.78, 5) is 27.7. The summed E-state index contributed by atoms with van der Waals surface area (Å²) in [5.74, 6) is 2.23. The molecule has 2 atom stereocenters. The van der Waals surface area contributed by atoms with Gasteiger partial charge in [-0.25, -0.2) is 0 Å². The number of amides is 1. The molecule has 3 aliphatic rings. The number of benzene rings is 1. The molecule has 1 amide bonds. The molecule has 6 heteroatoms. The maximum atomic E-state index is 12.3. The van der Waals surface area contributed by atoms with Crippen LogP contribution in [0.1, 0.15) is 61.0 Å². The van der Waals surface area contributed by atoms with Crippen molar-refractivity contribution in [1.29, 1.82) is 0 Å². The van der Waals surface area contributed by atoms with E-state index in [4.69, 9.17) is 4.52 Å². The van der Waals surface area contributed by atoms with Gasteiger partial charge in [0.15, 0.2) is 5.78 Å². The van der Waals surface area contributed by atoms with Crippen molar-refractivity contribution in [2.75, 3.05) is 0 Å². The largest absolute Gasteiger partial charge is 0.346 e. The quantitative estimate of drug-likeness (QED) is 0.847. The molecule has 0 unspecified atom stereocenters. The third-order valence-corrected chi connectivity index (χ3v) is 5.53. The number of hydrogen-bond donors (Lipinski definition) is 1. The van der Waals surface area contributed by atoms with Gasteiger partial charge in [0, 0.05) is 17.9 Å². The van der Waals surface area contributed by atoms with E-state index in [2.05, 4.69) is 27.6 Å². The third-order valence-electron chi connectivity index (χ3n) is 5.53. The third kappa shape index (κ3) is 2.65. The first-order valence-electron chi connectivity index (χ1n) is 8.96. The number of aryl methyl sites for hydroxylation is 1. The van der Waals surface area contributed by atoms with Gasteiger partial charge in [-0.1, -0.05) is 17.3 Å². The summed E-state index contributed by atoms with van der Waals surface area (Å²) in [6.07, 6.45) is 5.08. The number of aromatic nitrogens is 2. The van der Waals surface area contributed by atoms with Crippen LogP contribution in [0.3, 0.4) is 0 Å². The molecule has 0 spiro atoms. The van der Waals surface area contributed by atoms with E-state index >= 15 is 0 Å². The number of fused-ring (bicyclic) bond motifs is 1. The second-order valence-corrected chi connectivity index (χ2v) is 7.37. The maximum Gasteiger partial charge on any atom is 0.230 e. The van der Waals surface area contributed by atoms with Crippen molar-refractivity contribution >= 4 is 11.7 Å². The smallest absolute Gasteiger partial charge is 0.230 e. The Hall–Kier alpha value is -2.50. The molecular weight excluding hydrogens is 318 g/mol. The molecule has 0 radical (unpaired) electrons. The van der Waals surface area contributed by atoms with Gasteiger partial charge in [-0.3, -0.25) is 9.59 Å². The van der Waals surface area contributed by atoms with Crippen molar-refractivity contribution in [3.63, 3.8) is 0 Å². The van der Waals surface area contributed by atoms with Crippen molar-refractivity contribution in [1.82, 2.24) is 15.5 Å². The number of β-lactam (4-membered cyclic amide) rings is 1. The number of hydrogen-bond acceptors (Lipinski definition) is 5. The van der Waals surface area contributed by atoms with Crippen molar-refractivity contribution in [2.45, 2.75) is 56.4 Å². The van der Waals surface area contributed by atoms with E-state index in [-0.39, 0.29) is 23.7 Å². The Bertz CT molecular complexity index is 861. The standard InChI is InChI=1S/C19H19N3O3/c23-16(15-9-17(24)20-15)8-12-4-3-11-7-13(5-6-14(11)12)18-21-19(25-22-18)10-1-2-10/h5-7,10,12,15H,1-4,8-9H2,(H,20,24)/t12-,15-/m0/s1. The molecule has 1 aliphatic heterocycles. The first kappa shape index (κ1) is 14.8. The zero-order valence-electron chi connectivity index (χ0n) is 13.8. The Kier molecular flexibility index (Phi) is 3.26. The maximum absolute atomic E-state index is 12.3. The van der Waals surface area contributed by atoms with Crippen LogP contribution in [-0.4, -0.2) is 27.9 Å². The summed E-state index contributed by atoms with van der Waals surface area (Å²) < 4.78 is 5.35. The number of carbonyl (C=O) groups is 2. The summed E-state index contributed by atoms with van der Waals surface area (Å²) >= 11 is 0. The Labute approximate surface area is 145 Å². The summed E-state index contributed by atoms with van der Waals surface area (Å²) in [5, 5.41) is 6.78. The lowest BCUT2D eigenvalue weighted by atomic mass is 9.89. The molecule has 2 aromatic rings. The Morgan fingerprint density at radius 2 is 2.12 bits per heavy atom. The lowest BCUT2D eigenvalue weighted by Crippen LogP contribution is -2.53. The first-order chi connectivity index (χ1) is 12.2. The zero-order valence-corrected chi connectivity index (χ0v) is 13.8. The van der Waals surface area contributed by atoms with E-state index in [9.17, 15) is 9.59 Å². The predicted molar refractivity (Wildman–Crippen MR) is 88.9 cm³/mol. The minimum atomic E-state index is -0.268. The van der Waals surface area contributed by atoms with E-state index in [0.29, 0.717) is 24.6 Å². The highest BCUT2D eigenvalue weighted by Crippen LogP contribution is 2.41. The number of rotatable bonds is 5. The van der Waals surface area contributed by atoms with Gasteiger partial charge in [0.2, 0.25) is 17.6 Å². The molecule has 6 nitrogen and oxygen atoms in total. The molecule has 25 heavy (non-hydrogen) atoms. The minimum absolute atomic E-state index is 0.0273. The van der Waals surface area contributed by atoms with Crippen LogP contribution in [0.25, 0.3) is 11.4 Å². The highest BCUT2D eigenvalue weighted by molar-refractivity contribution is 5.98. The number of carbonyl (C=O) groups excluding carboxylic acids is 2. The van der Waals surface area contributed by atoms with Gasteiger partial charge < -0.3 is 9.84 Å². The monoisotopic (exact) mass is 337 g/mol. The van der Waals surface area contributed by atoms with Gasteiger partial charge in [0.25, 0.3) is 0 Å². The molecule has 128 valence electrons. The highest BCUT2D eigenvalue weighted by atomic mass is 16.5. The van der Waals surface area contributed by atoms with Gasteiger partial charge in [0.1, 0.15) is 0 Å². The molecule has 0 bridgehead atoms. The van der Waals surface area contributed by atoms with Gasteiger partial charge in [-0.15, -0.1) is 0 Å². The van der Waals surface area contributed by atoms with Crippen LogP contribution < -0.4 is 5.32 Å². The fraction of sp³-hybridized carbons (Fsp3) is 0.474. The fourth-order valence-corrected chi connectivity index (χ4v) is 3.84. The van der Waals surface area contributed by atoms with Crippen molar-refractivity contribution in [3.05, 3.63) is 35.2 Å². The number of nitrogens with one attached hydrogen (secondary N) is 1. The summed E-state index contributed by atoms with van der Waals surface area (Å²) in [6, 6.07) is 5.99. The van der Waals surface area contributed by atoms with Crippen LogP contribution in [0.4, 0.5) is 0 Å². The second-order valence-electron chi connectivity index (χ2n) is 7.37. The van der Waals surface area contributed by atoms with Crippen LogP contribution in [0.2, 0.25) is 0 Å². The zero-order chi connectivity index (χ0) is 17.0. The Morgan fingerprint density at radius 3 is 2.88 bits per heavy atom. The van der Waals surface area contributed by atoms with Crippen LogP contribution in [0, 0.1) is 0 Å². The predicted octanol–water partition coefficient (Wildman–Crippen LogP) is 2.49. The first-order valence-corrected chi connectivity index (χ1v) is 8.96. The number of nitrogens with zero attached hydrogens (tertiary/aromatic N) is 2. The molecular formula is C19H19N3O3. The summed E-state index contributed by atoms with van der Waals surface area (Å²) in [6.45, 7) is 0.